The zero-order chi connectivity index (χ0) is 27.9. The molecule has 4 rings (SSSR count). The highest BCUT2D eigenvalue weighted by Gasteiger charge is 2.35. The average molecular weight is 537 g/mol. The first-order valence-corrected chi connectivity index (χ1v) is 14.9. The minimum atomic E-state index is -0.808. The molecular formula is C31H40N2O4S. The van der Waals surface area contributed by atoms with Crippen LogP contribution in [0.3, 0.4) is 0 Å². The summed E-state index contributed by atoms with van der Waals surface area (Å²) in [5.41, 5.74) is 11.0. The van der Waals surface area contributed by atoms with Crippen molar-refractivity contribution < 1.29 is 19.4 Å². The van der Waals surface area contributed by atoms with Crippen LogP contribution in [0.1, 0.15) is 80.8 Å². The summed E-state index contributed by atoms with van der Waals surface area (Å²) in [4.78, 5) is 24.1. The van der Waals surface area contributed by atoms with E-state index in [1.165, 1.54) is 12.7 Å². The highest BCUT2D eigenvalue weighted by atomic mass is 32.2. The van der Waals surface area contributed by atoms with Gasteiger partial charge in [-0.2, -0.15) is 0 Å². The largest absolute Gasteiger partial charge is 0.481 e. The van der Waals surface area contributed by atoms with Crippen molar-refractivity contribution in [3.63, 3.8) is 0 Å². The number of rotatable bonds is 5. The standard InChI is InChI=1S/C31H40N2O4S/c1-9-38(8)33-20(4)25-16-22(32-30(36)37-7)10-11-23(25)28-19(3)27(21-12-14-31(5,6)15-13-21)24(17-26(34)35)18(2)29(28)33/h9-12,16,20H,13-15,17H2,1-8H3,(H,32,36)(H,34,35)/t20-,38?/m1/s1. The summed E-state index contributed by atoms with van der Waals surface area (Å²) in [7, 11) is 1.15. The first kappa shape index (κ1) is 28.0. The number of allylic oxidation sites excluding steroid dienone is 2. The van der Waals surface area contributed by atoms with Crippen molar-refractivity contribution in [1.82, 2.24) is 0 Å². The van der Waals surface area contributed by atoms with Gasteiger partial charge in [0.05, 0.1) is 25.3 Å². The van der Waals surface area contributed by atoms with Crippen LogP contribution in [0.5, 0.6) is 0 Å². The fourth-order valence-electron chi connectivity index (χ4n) is 5.97. The number of nitrogens with one attached hydrogen (secondary N) is 1. The highest BCUT2D eigenvalue weighted by molar-refractivity contribution is 8.15. The quantitative estimate of drug-likeness (QED) is 0.380. The van der Waals surface area contributed by atoms with Crippen LogP contribution in [0.15, 0.2) is 24.3 Å². The summed E-state index contributed by atoms with van der Waals surface area (Å²) in [6.45, 7) is 13.1. The third kappa shape index (κ3) is 5.00. The Bertz CT molecular complexity index is 1370. The molecule has 1 amide bonds. The number of fused-ring (bicyclic) bond motifs is 3. The minimum absolute atomic E-state index is 0.000413. The molecule has 2 aliphatic rings. The number of hydrogen-bond donors (Lipinski definition) is 2. The zero-order valence-corrected chi connectivity index (χ0v) is 24.6. The Hall–Kier alpha value is -3.06. The number of nitrogens with zero attached hydrogens (tertiary/aromatic N) is 1. The van der Waals surface area contributed by atoms with E-state index in [2.05, 4.69) is 74.9 Å². The molecule has 204 valence electrons. The van der Waals surface area contributed by atoms with Gasteiger partial charge in [-0.1, -0.05) is 26.0 Å². The molecule has 2 atom stereocenters. The molecule has 38 heavy (non-hydrogen) atoms. The first-order valence-electron chi connectivity index (χ1n) is 13.2. The van der Waals surface area contributed by atoms with Crippen molar-refractivity contribution in [2.45, 2.75) is 73.3 Å². The lowest BCUT2D eigenvalue weighted by atomic mass is 9.73. The van der Waals surface area contributed by atoms with Crippen LogP contribution in [0.4, 0.5) is 16.2 Å². The lowest BCUT2D eigenvalue weighted by Gasteiger charge is -2.42. The van der Waals surface area contributed by atoms with E-state index in [4.69, 9.17) is 4.74 Å². The van der Waals surface area contributed by atoms with Crippen LogP contribution >= 0.6 is 10.7 Å². The third-order valence-electron chi connectivity index (χ3n) is 8.14. The van der Waals surface area contributed by atoms with Gasteiger partial charge in [-0.05, 0) is 115 Å². The monoisotopic (exact) mass is 536 g/mol. The Balaban J connectivity index is 2.06. The van der Waals surface area contributed by atoms with Gasteiger partial charge in [0.1, 0.15) is 0 Å². The van der Waals surface area contributed by atoms with Crippen molar-refractivity contribution in [3.8, 4) is 11.1 Å². The number of methoxy groups -OCH3 is 1. The van der Waals surface area contributed by atoms with Gasteiger partial charge in [0.15, 0.2) is 0 Å². The van der Waals surface area contributed by atoms with Gasteiger partial charge in [-0.25, -0.2) is 4.79 Å². The number of benzene rings is 2. The molecular weight excluding hydrogens is 496 g/mol. The molecule has 6 nitrogen and oxygen atoms in total. The number of hydrogen-bond acceptors (Lipinski definition) is 4. The maximum absolute atomic E-state index is 12.1. The molecule has 0 radical (unpaired) electrons. The average Bonchev–Trinajstić information content (AvgIpc) is 2.87. The summed E-state index contributed by atoms with van der Waals surface area (Å²) in [6.07, 6.45) is 7.04. The maximum Gasteiger partial charge on any atom is 0.411 e. The molecule has 2 aromatic rings. The zero-order valence-electron chi connectivity index (χ0n) is 23.8. The Morgan fingerprint density at radius 1 is 1.24 bits per heavy atom. The van der Waals surface area contributed by atoms with Gasteiger partial charge in [-0.15, -0.1) is 10.7 Å². The number of amides is 1. The predicted octanol–water partition coefficient (Wildman–Crippen LogP) is 7.89. The van der Waals surface area contributed by atoms with E-state index in [1.54, 1.807) is 0 Å². The number of anilines is 2. The number of carbonyl (C=O) groups is 2. The topological polar surface area (TPSA) is 78.9 Å². The van der Waals surface area contributed by atoms with Crippen molar-refractivity contribution in [3.05, 3.63) is 52.1 Å². The molecule has 1 aliphatic heterocycles. The van der Waals surface area contributed by atoms with Crippen molar-refractivity contribution in [2.75, 3.05) is 23.0 Å². The first-order chi connectivity index (χ1) is 17.9. The summed E-state index contributed by atoms with van der Waals surface area (Å²) >= 11 is 0. The lowest BCUT2D eigenvalue weighted by Crippen LogP contribution is -2.28. The maximum atomic E-state index is 12.1. The number of ether oxygens (including phenoxy) is 1. The van der Waals surface area contributed by atoms with Gasteiger partial charge in [-0.3, -0.25) is 10.1 Å². The lowest BCUT2D eigenvalue weighted by molar-refractivity contribution is -0.136. The summed E-state index contributed by atoms with van der Waals surface area (Å²) in [6, 6.07) is 6.07. The van der Waals surface area contributed by atoms with Gasteiger partial charge < -0.3 is 14.1 Å². The molecule has 2 N–H and O–H groups in total. The second-order valence-electron chi connectivity index (χ2n) is 11.2. The van der Waals surface area contributed by atoms with E-state index in [1.807, 2.05) is 12.1 Å². The van der Waals surface area contributed by atoms with Gasteiger partial charge in [0.25, 0.3) is 0 Å². The van der Waals surface area contributed by atoms with Crippen LogP contribution in [0.25, 0.3) is 16.7 Å². The molecule has 0 aromatic heterocycles. The van der Waals surface area contributed by atoms with Crippen LogP contribution in [-0.4, -0.2) is 35.9 Å². The Morgan fingerprint density at radius 2 is 1.95 bits per heavy atom. The molecule has 1 aliphatic carbocycles. The molecule has 2 aromatic carbocycles. The van der Waals surface area contributed by atoms with Gasteiger partial charge >= 0.3 is 12.1 Å². The molecule has 1 heterocycles. The van der Waals surface area contributed by atoms with E-state index in [9.17, 15) is 14.7 Å². The third-order valence-corrected chi connectivity index (χ3v) is 9.95. The smallest absolute Gasteiger partial charge is 0.411 e. The SMILES string of the molecule is C/C=S(\C)N1c2c(C)c(CC(=O)O)c(C3=CCC(C)(C)CC3)c(C)c2-c2ccc(NC(=O)OC)cc2[C@H]1C. The molecule has 0 fully saturated rings. The van der Waals surface area contributed by atoms with Crippen LogP contribution in [-0.2, 0) is 16.0 Å². The molecule has 0 saturated heterocycles. The van der Waals surface area contributed by atoms with Crippen molar-refractivity contribution in [1.29, 1.82) is 0 Å². The number of carbonyl (C=O) groups excluding carboxylic acids is 1. The van der Waals surface area contributed by atoms with Gasteiger partial charge in [0, 0.05) is 11.3 Å². The van der Waals surface area contributed by atoms with Crippen LogP contribution in [0.2, 0.25) is 0 Å². The number of carboxylic acids is 1. The Labute approximate surface area is 229 Å². The second kappa shape index (κ2) is 10.6. The van der Waals surface area contributed by atoms with Crippen molar-refractivity contribution >= 4 is 45.0 Å². The fraction of sp³-hybridized carbons (Fsp3) is 0.452. The molecule has 1 unspecified atom stereocenters. The summed E-state index contributed by atoms with van der Waals surface area (Å²) in [5, 5.41) is 15.0. The van der Waals surface area contributed by atoms with E-state index in [0.717, 1.165) is 63.9 Å². The van der Waals surface area contributed by atoms with E-state index in [-0.39, 0.29) is 28.5 Å². The Kier molecular flexibility index (Phi) is 7.80. The fourth-order valence-corrected chi connectivity index (χ4v) is 7.33. The predicted molar refractivity (Wildman–Crippen MR) is 160 cm³/mol. The number of aliphatic carboxylic acids is 1. The summed E-state index contributed by atoms with van der Waals surface area (Å²) < 4.78 is 7.24. The molecule has 0 saturated carbocycles. The van der Waals surface area contributed by atoms with Crippen LogP contribution < -0.4 is 9.62 Å². The summed E-state index contributed by atoms with van der Waals surface area (Å²) in [5.74, 6) is -0.808. The normalized spacial score (nSPS) is 18.8. The van der Waals surface area contributed by atoms with Crippen molar-refractivity contribution in [2.24, 2.45) is 5.41 Å². The van der Waals surface area contributed by atoms with E-state index < -0.39 is 12.1 Å². The van der Waals surface area contributed by atoms with Crippen LogP contribution in [0, 0.1) is 19.3 Å². The Morgan fingerprint density at radius 3 is 2.53 bits per heavy atom. The molecule has 7 heteroatoms. The van der Waals surface area contributed by atoms with E-state index >= 15 is 0 Å². The molecule has 0 spiro atoms. The minimum Gasteiger partial charge on any atom is -0.481 e. The molecule has 0 bridgehead atoms. The number of carboxylic acid groups (broad SMARTS) is 1. The van der Waals surface area contributed by atoms with E-state index in [0.29, 0.717) is 5.69 Å². The highest BCUT2D eigenvalue weighted by Crippen LogP contribution is 2.55. The second-order valence-corrected chi connectivity index (χ2v) is 13.1. The van der Waals surface area contributed by atoms with Gasteiger partial charge in [0.2, 0.25) is 0 Å².